The van der Waals surface area contributed by atoms with E-state index >= 15 is 0 Å². The molecule has 4 saturated carbocycles. The molecule has 1 amide bonds. The molecule has 0 aromatic rings. The lowest BCUT2D eigenvalue weighted by molar-refractivity contribution is -0.182. The third kappa shape index (κ3) is 3.04. The van der Waals surface area contributed by atoms with Crippen LogP contribution in [-0.2, 0) is 9.53 Å². The second-order valence-electron chi connectivity index (χ2n) is 13.8. The van der Waals surface area contributed by atoms with Crippen LogP contribution < -0.4 is 5.32 Å². The highest BCUT2D eigenvalue weighted by atomic mass is 16.5. The zero-order chi connectivity index (χ0) is 22.9. The Labute approximate surface area is 197 Å². The van der Waals surface area contributed by atoms with Crippen molar-refractivity contribution in [1.82, 2.24) is 5.32 Å². The summed E-state index contributed by atoms with van der Waals surface area (Å²) in [6, 6.07) is 0. The van der Waals surface area contributed by atoms with E-state index in [1.165, 1.54) is 51.4 Å². The fraction of sp³-hybridized carbons (Fsp3) is 0.966. The predicted octanol–water partition coefficient (Wildman–Crippen LogP) is 6.95. The third-order valence-corrected chi connectivity index (χ3v) is 12.3. The molecule has 0 aromatic carbocycles. The van der Waals surface area contributed by atoms with Crippen LogP contribution in [0.3, 0.4) is 0 Å². The summed E-state index contributed by atoms with van der Waals surface area (Å²) in [7, 11) is 1.79. The monoisotopic (exact) mass is 443 g/mol. The summed E-state index contributed by atoms with van der Waals surface area (Å²) in [5.74, 6) is 5.36. The molecule has 0 radical (unpaired) electrons. The van der Waals surface area contributed by atoms with Crippen LogP contribution in [0.25, 0.3) is 0 Å². The number of fused-ring (bicyclic) bond motifs is 5. The van der Waals surface area contributed by atoms with Gasteiger partial charge in [0.05, 0.1) is 5.41 Å². The van der Waals surface area contributed by atoms with Gasteiger partial charge in [0.15, 0.2) is 0 Å². The molecular weight excluding hydrogens is 394 g/mol. The number of nitrogens with one attached hydrogen (secondary N) is 1. The van der Waals surface area contributed by atoms with E-state index in [0.717, 1.165) is 61.2 Å². The van der Waals surface area contributed by atoms with Crippen molar-refractivity contribution in [2.45, 2.75) is 117 Å². The smallest absolute Gasteiger partial charge is 0.229 e. The maximum atomic E-state index is 13.4. The summed E-state index contributed by atoms with van der Waals surface area (Å²) in [6.07, 6.45) is 15.2. The van der Waals surface area contributed by atoms with E-state index in [9.17, 15) is 4.79 Å². The Morgan fingerprint density at radius 1 is 0.969 bits per heavy atom. The van der Waals surface area contributed by atoms with Crippen LogP contribution in [0.2, 0.25) is 0 Å². The average molecular weight is 444 g/mol. The van der Waals surface area contributed by atoms with Crippen molar-refractivity contribution in [2.24, 2.45) is 51.8 Å². The summed E-state index contributed by atoms with van der Waals surface area (Å²) >= 11 is 0. The molecule has 4 aliphatic carbocycles. The maximum Gasteiger partial charge on any atom is 0.229 e. The minimum atomic E-state index is -0.378. The van der Waals surface area contributed by atoms with E-state index < -0.39 is 0 Å². The molecule has 1 spiro atoms. The lowest BCUT2D eigenvalue weighted by Crippen LogP contribution is -2.60. The highest BCUT2D eigenvalue weighted by molar-refractivity contribution is 5.87. The minimum absolute atomic E-state index is 0.154. The molecule has 0 unspecified atom stereocenters. The van der Waals surface area contributed by atoms with Gasteiger partial charge in [-0.05, 0) is 97.7 Å². The van der Waals surface area contributed by atoms with Gasteiger partial charge in [-0.25, -0.2) is 0 Å². The van der Waals surface area contributed by atoms with Crippen molar-refractivity contribution in [3.05, 3.63) is 0 Å². The van der Waals surface area contributed by atoms with Crippen LogP contribution >= 0.6 is 0 Å². The fourth-order valence-corrected chi connectivity index (χ4v) is 10.4. The minimum Gasteiger partial charge on any atom is -0.359 e. The molecule has 32 heavy (non-hydrogen) atoms. The van der Waals surface area contributed by atoms with Crippen LogP contribution in [0.4, 0.5) is 0 Å². The van der Waals surface area contributed by atoms with Gasteiger partial charge in [-0.2, -0.15) is 0 Å². The lowest BCUT2D eigenvalue weighted by atomic mass is 9.40. The zero-order valence-corrected chi connectivity index (χ0v) is 21.8. The van der Waals surface area contributed by atoms with Gasteiger partial charge >= 0.3 is 0 Å². The largest absolute Gasteiger partial charge is 0.359 e. The number of amides is 1. The first-order valence-electron chi connectivity index (χ1n) is 14.0. The van der Waals surface area contributed by atoms with E-state index in [0.29, 0.717) is 11.3 Å². The number of carbonyl (C=O) groups excluding carboxylic acids is 1. The van der Waals surface area contributed by atoms with E-state index in [-0.39, 0.29) is 16.6 Å². The predicted molar refractivity (Wildman–Crippen MR) is 130 cm³/mol. The molecule has 5 fully saturated rings. The molecule has 1 N–H and O–H groups in total. The quantitative estimate of drug-likeness (QED) is 0.482. The van der Waals surface area contributed by atoms with Crippen LogP contribution in [0.5, 0.6) is 0 Å². The van der Waals surface area contributed by atoms with E-state index in [1.54, 1.807) is 7.11 Å². The number of carbonyl (C=O) groups is 1. The van der Waals surface area contributed by atoms with Crippen LogP contribution in [0.1, 0.15) is 112 Å². The molecule has 3 nitrogen and oxygen atoms in total. The summed E-state index contributed by atoms with van der Waals surface area (Å²) in [6.45, 7) is 12.5. The van der Waals surface area contributed by atoms with Gasteiger partial charge in [0.25, 0.3) is 0 Å². The first-order chi connectivity index (χ1) is 15.1. The first kappa shape index (κ1) is 23.2. The normalized spacial score (nSPS) is 50.5. The molecule has 3 heteroatoms. The molecule has 1 aliphatic heterocycles. The Morgan fingerprint density at radius 3 is 2.47 bits per heavy atom. The SMILES string of the molecule is CO[C@@]12CC[C@]3(C)[C@H]4CC[C@]5(C)[C@@H]([C@H](C)CCCC(C)C)CC[C@H]5[C@@H]4CC[C@]3(C1)C(=O)N2. The third-order valence-electron chi connectivity index (χ3n) is 12.3. The lowest BCUT2D eigenvalue weighted by Gasteiger charge is -2.63. The molecule has 0 aromatic heterocycles. The second kappa shape index (κ2) is 7.72. The Kier molecular flexibility index (Phi) is 5.59. The Balaban J connectivity index is 1.36. The van der Waals surface area contributed by atoms with Crippen LogP contribution in [0, 0.1) is 51.8 Å². The summed E-state index contributed by atoms with van der Waals surface area (Å²) in [5.41, 5.74) is 0.123. The molecule has 5 rings (SSSR count). The highest BCUT2D eigenvalue weighted by Crippen LogP contribution is 2.73. The number of rotatable bonds is 6. The van der Waals surface area contributed by atoms with E-state index in [2.05, 4.69) is 39.9 Å². The first-order valence-corrected chi connectivity index (χ1v) is 14.0. The van der Waals surface area contributed by atoms with Crippen molar-refractivity contribution < 1.29 is 9.53 Å². The molecule has 1 heterocycles. The molecule has 1 saturated heterocycles. The van der Waals surface area contributed by atoms with Crippen LogP contribution in [0.15, 0.2) is 0 Å². The molecule has 182 valence electrons. The van der Waals surface area contributed by atoms with Gasteiger partial charge in [-0.1, -0.05) is 53.9 Å². The topological polar surface area (TPSA) is 38.3 Å². The Morgan fingerprint density at radius 2 is 1.75 bits per heavy atom. The number of hydrogen-bond acceptors (Lipinski definition) is 2. The number of ether oxygens (including phenoxy) is 1. The number of hydrogen-bond donors (Lipinski definition) is 1. The van der Waals surface area contributed by atoms with E-state index in [1.807, 2.05) is 0 Å². The van der Waals surface area contributed by atoms with Gasteiger partial charge in [-0.15, -0.1) is 0 Å². The van der Waals surface area contributed by atoms with Gasteiger partial charge in [-0.3, -0.25) is 4.79 Å². The summed E-state index contributed by atoms with van der Waals surface area (Å²) in [5, 5.41) is 3.33. The average Bonchev–Trinajstić information content (AvgIpc) is 3.22. The zero-order valence-electron chi connectivity index (χ0n) is 21.8. The fourth-order valence-electron chi connectivity index (χ4n) is 10.4. The van der Waals surface area contributed by atoms with Crippen molar-refractivity contribution in [3.63, 3.8) is 0 Å². The van der Waals surface area contributed by atoms with Gasteiger partial charge in [0.1, 0.15) is 5.72 Å². The summed E-state index contributed by atoms with van der Waals surface area (Å²) < 4.78 is 5.91. The Hall–Kier alpha value is -0.570. The second-order valence-corrected chi connectivity index (χ2v) is 13.8. The van der Waals surface area contributed by atoms with E-state index in [4.69, 9.17) is 4.74 Å². The van der Waals surface area contributed by atoms with Crippen molar-refractivity contribution in [1.29, 1.82) is 0 Å². The van der Waals surface area contributed by atoms with Crippen molar-refractivity contribution in [3.8, 4) is 0 Å². The Bertz CT molecular complexity index is 749. The summed E-state index contributed by atoms with van der Waals surface area (Å²) in [4.78, 5) is 13.4. The molecule has 9 atom stereocenters. The van der Waals surface area contributed by atoms with Crippen molar-refractivity contribution in [2.75, 3.05) is 7.11 Å². The van der Waals surface area contributed by atoms with Crippen molar-refractivity contribution >= 4 is 5.91 Å². The van der Waals surface area contributed by atoms with Gasteiger partial charge in [0.2, 0.25) is 5.91 Å². The van der Waals surface area contributed by atoms with Crippen LogP contribution in [-0.4, -0.2) is 18.7 Å². The number of methoxy groups -OCH3 is 1. The standard InChI is InChI=1S/C29H49NO2/c1-19(2)8-7-9-20(3)22-10-11-23-21-12-15-28-18-29(32-6,30-25(28)31)17-16-27(28,5)24(21)13-14-26(22,23)4/h19-24H,7-18H2,1-6H3,(H,30,31)/t20-,21+,22-,23+,24+,26-,27-,28+,29+/m1/s1. The molecule has 2 bridgehead atoms. The highest BCUT2D eigenvalue weighted by Gasteiger charge is 2.72. The maximum absolute atomic E-state index is 13.4. The van der Waals surface area contributed by atoms with Gasteiger partial charge in [0, 0.05) is 13.5 Å². The van der Waals surface area contributed by atoms with Gasteiger partial charge < -0.3 is 10.1 Å². The molecular formula is C29H49NO2. The molecule has 5 aliphatic rings.